The maximum Gasteiger partial charge on any atom is 0.180 e. The molecule has 0 heterocycles. The maximum atomic E-state index is 13.2. The van der Waals surface area contributed by atoms with Gasteiger partial charge in [-0.05, 0) is 26.2 Å². The zero-order valence-electron chi connectivity index (χ0n) is 8.21. The Labute approximate surface area is 83.0 Å². The highest BCUT2D eigenvalue weighted by molar-refractivity contribution is 5.41. The van der Waals surface area contributed by atoms with Crippen molar-refractivity contribution in [1.29, 1.82) is 0 Å². The average Bonchev–Trinajstić information content (AvgIpc) is 2.12. The third-order valence-electron chi connectivity index (χ3n) is 1.60. The molecular weight excluding hydrogens is 181 g/mol. The summed E-state index contributed by atoms with van der Waals surface area (Å²) < 4.78 is 13.2. The van der Waals surface area contributed by atoms with Gasteiger partial charge in [0.25, 0.3) is 0 Å². The van der Waals surface area contributed by atoms with E-state index in [0.29, 0.717) is 6.54 Å². The van der Waals surface area contributed by atoms with E-state index in [1.807, 2.05) is 19.0 Å². The Morgan fingerprint density at radius 1 is 1.43 bits per heavy atom. The van der Waals surface area contributed by atoms with Crippen LogP contribution in [0.3, 0.4) is 0 Å². The lowest BCUT2D eigenvalue weighted by Crippen LogP contribution is -2.10. The van der Waals surface area contributed by atoms with Crippen molar-refractivity contribution < 1.29 is 9.50 Å². The zero-order valence-corrected chi connectivity index (χ0v) is 8.21. The monoisotopic (exact) mass is 193 g/mol. The van der Waals surface area contributed by atoms with E-state index < -0.39 is 5.82 Å². The predicted octanol–water partition coefficient (Wildman–Crippen LogP) is 1.44. The van der Waals surface area contributed by atoms with Gasteiger partial charge in [0.2, 0.25) is 0 Å². The summed E-state index contributed by atoms with van der Waals surface area (Å²) in [5, 5.41) is 9.06. The topological polar surface area (TPSA) is 23.5 Å². The number of hydrogen-bond acceptors (Lipinski definition) is 2. The van der Waals surface area contributed by atoms with Crippen molar-refractivity contribution >= 4 is 0 Å². The standard InChI is InChI=1S/C11H12FNO/c1-13(2)8-4-6-9-5-3-7-10(14)11(9)12/h3,5,7,14H,8H2,1-2H3. The van der Waals surface area contributed by atoms with Gasteiger partial charge in [-0.3, -0.25) is 4.90 Å². The van der Waals surface area contributed by atoms with Crippen LogP contribution in [0.5, 0.6) is 5.75 Å². The van der Waals surface area contributed by atoms with E-state index in [4.69, 9.17) is 5.11 Å². The van der Waals surface area contributed by atoms with Gasteiger partial charge in [-0.15, -0.1) is 0 Å². The lowest BCUT2D eigenvalue weighted by Gasteiger charge is -2.01. The molecule has 0 fully saturated rings. The molecule has 0 aliphatic heterocycles. The first kappa shape index (κ1) is 10.6. The van der Waals surface area contributed by atoms with E-state index in [0.717, 1.165) is 0 Å². The minimum absolute atomic E-state index is 0.229. The fourth-order valence-corrected chi connectivity index (χ4v) is 0.909. The summed E-state index contributed by atoms with van der Waals surface area (Å²) >= 11 is 0. The highest BCUT2D eigenvalue weighted by Gasteiger charge is 2.02. The van der Waals surface area contributed by atoms with Crippen LogP contribution in [0.2, 0.25) is 0 Å². The van der Waals surface area contributed by atoms with E-state index in [9.17, 15) is 4.39 Å². The van der Waals surface area contributed by atoms with Gasteiger partial charge < -0.3 is 5.11 Å². The minimum atomic E-state index is -0.654. The van der Waals surface area contributed by atoms with Gasteiger partial charge in [0.15, 0.2) is 11.6 Å². The van der Waals surface area contributed by atoms with E-state index in [-0.39, 0.29) is 11.3 Å². The van der Waals surface area contributed by atoms with Gasteiger partial charge in [0, 0.05) is 0 Å². The Hall–Kier alpha value is -1.53. The van der Waals surface area contributed by atoms with Gasteiger partial charge >= 0.3 is 0 Å². The Morgan fingerprint density at radius 3 is 2.79 bits per heavy atom. The Kier molecular flexibility index (Phi) is 3.49. The second-order valence-corrected chi connectivity index (χ2v) is 3.18. The van der Waals surface area contributed by atoms with Crippen LogP contribution in [0.25, 0.3) is 0 Å². The van der Waals surface area contributed by atoms with Crippen LogP contribution in [-0.2, 0) is 0 Å². The number of hydrogen-bond donors (Lipinski definition) is 1. The molecule has 74 valence electrons. The number of halogens is 1. The third-order valence-corrected chi connectivity index (χ3v) is 1.60. The molecule has 0 saturated heterocycles. The molecule has 0 spiro atoms. The maximum absolute atomic E-state index is 13.2. The Bertz CT molecular complexity index is 377. The second-order valence-electron chi connectivity index (χ2n) is 3.18. The lowest BCUT2D eigenvalue weighted by atomic mass is 10.2. The highest BCUT2D eigenvalue weighted by atomic mass is 19.1. The Balaban J connectivity index is 2.85. The van der Waals surface area contributed by atoms with Gasteiger partial charge in [0.05, 0.1) is 12.1 Å². The van der Waals surface area contributed by atoms with Crippen molar-refractivity contribution in [3.8, 4) is 17.6 Å². The van der Waals surface area contributed by atoms with Crippen LogP contribution in [0, 0.1) is 17.7 Å². The molecule has 0 bridgehead atoms. The molecule has 0 atom stereocenters. The van der Waals surface area contributed by atoms with E-state index in [1.54, 1.807) is 6.07 Å². The number of aromatic hydroxyl groups is 1. The highest BCUT2D eigenvalue weighted by Crippen LogP contribution is 2.17. The SMILES string of the molecule is CN(C)CC#Cc1cccc(O)c1F. The van der Waals surface area contributed by atoms with Crippen LogP contribution in [0.4, 0.5) is 4.39 Å². The molecule has 2 nitrogen and oxygen atoms in total. The summed E-state index contributed by atoms with van der Waals surface area (Å²) in [6, 6.07) is 4.41. The number of nitrogens with zero attached hydrogens (tertiary/aromatic N) is 1. The molecule has 1 N–H and O–H groups in total. The van der Waals surface area contributed by atoms with Gasteiger partial charge in [-0.2, -0.15) is 0 Å². The lowest BCUT2D eigenvalue weighted by molar-refractivity contribution is 0.431. The van der Waals surface area contributed by atoms with E-state index in [1.165, 1.54) is 12.1 Å². The molecule has 0 radical (unpaired) electrons. The predicted molar refractivity (Wildman–Crippen MR) is 53.5 cm³/mol. The molecule has 14 heavy (non-hydrogen) atoms. The average molecular weight is 193 g/mol. The van der Waals surface area contributed by atoms with Crippen molar-refractivity contribution in [1.82, 2.24) is 4.90 Å². The fourth-order valence-electron chi connectivity index (χ4n) is 0.909. The second kappa shape index (κ2) is 4.64. The minimum Gasteiger partial charge on any atom is -0.505 e. The summed E-state index contributed by atoms with van der Waals surface area (Å²) in [5.41, 5.74) is 0.229. The molecule has 0 aromatic heterocycles. The number of phenols is 1. The first-order valence-electron chi connectivity index (χ1n) is 4.22. The van der Waals surface area contributed by atoms with Gasteiger partial charge in [-0.1, -0.05) is 17.9 Å². The summed E-state index contributed by atoms with van der Waals surface area (Å²) in [6.07, 6.45) is 0. The van der Waals surface area contributed by atoms with Crippen LogP contribution in [0.1, 0.15) is 5.56 Å². The van der Waals surface area contributed by atoms with E-state index in [2.05, 4.69) is 11.8 Å². The van der Waals surface area contributed by atoms with Crippen molar-refractivity contribution in [3.05, 3.63) is 29.6 Å². The molecule has 0 aliphatic rings. The number of rotatable bonds is 1. The zero-order chi connectivity index (χ0) is 10.6. The molecule has 0 aliphatic carbocycles. The molecule has 0 unspecified atom stereocenters. The van der Waals surface area contributed by atoms with Crippen LogP contribution in [-0.4, -0.2) is 30.6 Å². The largest absolute Gasteiger partial charge is 0.505 e. The number of phenolic OH excluding ortho intramolecular Hbond substituents is 1. The molecule has 1 aromatic carbocycles. The van der Waals surface area contributed by atoms with Crippen molar-refractivity contribution in [2.45, 2.75) is 0 Å². The summed E-state index contributed by atoms with van der Waals surface area (Å²) in [4.78, 5) is 1.88. The fraction of sp³-hybridized carbons (Fsp3) is 0.273. The molecule has 3 heteroatoms. The first-order chi connectivity index (χ1) is 6.61. The van der Waals surface area contributed by atoms with Crippen molar-refractivity contribution in [2.75, 3.05) is 20.6 Å². The molecule has 0 saturated carbocycles. The summed E-state index contributed by atoms with van der Waals surface area (Å²) in [7, 11) is 3.76. The normalized spacial score (nSPS) is 9.71. The van der Waals surface area contributed by atoms with E-state index >= 15 is 0 Å². The quantitative estimate of drug-likeness (QED) is 0.682. The molecular formula is C11H12FNO. The summed E-state index contributed by atoms with van der Waals surface area (Å²) in [6.45, 7) is 0.565. The van der Waals surface area contributed by atoms with Crippen LogP contribution in [0.15, 0.2) is 18.2 Å². The van der Waals surface area contributed by atoms with Crippen molar-refractivity contribution in [3.63, 3.8) is 0 Å². The van der Waals surface area contributed by atoms with Gasteiger partial charge in [-0.25, -0.2) is 4.39 Å². The van der Waals surface area contributed by atoms with Crippen molar-refractivity contribution in [2.24, 2.45) is 0 Å². The smallest absolute Gasteiger partial charge is 0.180 e. The number of benzene rings is 1. The molecule has 1 rings (SSSR count). The Morgan fingerprint density at radius 2 is 2.14 bits per heavy atom. The van der Waals surface area contributed by atoms with Crippen LogP contribution < -0.4 is 0 Å². The molecule has 0 amide bonds. The van der Waals surface area contributed by atoms with Crippen LogP contribution >= 0.6 is 0 Å². The third kappa shape index (κ3) is 2.75. The molecule has 1 aromatic rings. The first-order valence-corrected chi connectivity index (χ1v) is 4.22. The van der Waals surface area contributed by atoms with Gasteiger partial charge in [0.1, 0.15) is 0 Å². The summed E-state index contributed by atoms with van der Waals surface area (Å²) in [5.74, 6) is 4.44.